The molecule has 34 heavy (non-hydrogen) atoms. The van der Waals surface area contributed by atoms with Crippen LogP contribution >= 0.6 is 11.6 Å². The molecular weight excluding hydrogens is 463 g/mol. The van der Waals surface area contributed by atoms with Crippen LogP contribution in [-0.4, -0.2) is 45.4 Å². The maximum absolute atomic E-state index is 12.9. The molecule has 1 aliphatic rings. The first-order valence-electron chi connectivity index (χ1n) is 11.0. The predicted octanol–water partition coefficient (Wildman–Crippen LogP) is 5.70. The lowest BCUT2D eigenvalue weighted by atomic mass is 10.1. The number of fused-ring (bicyclic) bond motifs is 1. The van der Waals surface area contributed by atoms with Gasteiger partial charge in [0.25, 0.3) is 0 Å². The molecule has 3 aromatic heterocycles. The zero-order valence-corrected chi connectivity index (χ0v) is 19.3. The Morgan fingerprint density at radius 3 is 2.41 bits per heavy atom. The summed E-state index contributed by atoms with van der Waals surface area (Å²) in [5, 5.41) is 0.0203. The van der Waals surface area contributed by atoms with E-state index >= 15 is 0 Å². The number of imidazole rings is 1. The van der Waals surface area contributed by atoms with Crippen molar-refractivity contribution in [3.63, 3.8) is 0 Å². The third-order valence-corrected chi connectivity index (χ3v) is 6.38. The molecule has 0 unspecified atom stereocenters. The summed E-state index contributed by atoms with van der Waals surface area (Å²) < 4.78 is 41.0. The van der Waals surface area contributed by atoms with Gasteiger partial charge in [-0.25, -0.2) is 9.97 Å². The second-order valence-corrected chi connectivity index (χ2v) is 8.91. The standard InChI is InChI=1S/C25H23ClF3N5/c1-17-7-8-22-31-23(18-5-3-2-4-6-18)21(34(22)15-17)16-32-9-11-33(12-10-32)24-20(26)13-19(14-30-24)25(27,28)29/h2-8,13-15H,9-12,16H2,1H3. The third kappa shape index (κ3) is 4.48. The number of pyridine rings is 2. The van der Waals surface area contributed by atoms with E-state index in [1.807, 2.05) is 29.2 Å². The molecule has 4 aromatic rings. The van der Waals surface area contributed by atoms with Gasteiger partial charge in [-0.1, -0.05) is 48.0 Å². The maximum Gasteiger partial charge on any atom is 0.417 e. The summed E-state index contributed by atoms with van der Waals surface area (Å²) in [7, 11) is 0. The Kier molecular flexibility index (Phi) is 5.95. The molecule has 0 radical (unpaired) electrons. The van der Waals surface area contributed by atoms with Gasteiger partial charge in [0.15, 0.2) is 0 Å². The smallest absolute Gasteiger partial charge is 0.353 e. The van der Waals surface area contributed by atoms with Crippen LogP contribution < -0.4 is 4.90 Å². The molecule has 0 bridgehead atoms. The number of hydrogen-bond acceptors (Lipinski definition) is 4. The van der Waals surface area contributed by atoms with Crippen LogP contribution in [0.3, 0.4) is 0 Å². The Labute approximate surface area is 200 Å². The average Bonchev–Trinajstić information content (AvgIpc) is 3.17. The van der Waals surface area contributed by atoms with E-state index in [-0.39, 0.29) is 5.02 Å². The van der Waals surface area contributed by atoms with Crippen LogP contribution in [0, 0.1) is 6.92 Å². The van der Waals surface area contributed by atoms with E-state index in [4.69, 9.17) is 16.6 Å². The Bertz CT molecular complexity index is 1310. The first-order valence-corrected chi connectivity index (χ1v) is 11.4. The van der Waals surface area contributed by atoms with Crippen molar-refractivity contribution in [3.8, 4) is 11.3 Å². The van der Waals surface area contributed by atoms with Gasteiger partial charge in [-0.2, -0.15) is 13.2 Å². The molecule has 1 fully saturated rings. The summed E-state index contributed by atoms with van der Waals surface area (Å²) in [6.07, 6.45) is -1.51. The Morgan fingerprint density at radius 2 is 1.74 bits per heavy atom. The fourth-order valence-corrected chi connectivity index (χ4v) is 4.61. The fraction of sp³-hybridized carbons (Fsp3) is 0.280. The Morgan fingerprint density at radius 1 is 1.00 bits per heavy atom. The lowest BCUT2D eigenvalue weighted by Crippen LogP contribution is -2.46. The molecule has 0 atom stereocenters. The molecule has 0 aliphatic carbocycles. The molecule has 5 nitrogen and oxygen atoms in total. The lowest BCUT2D eigenvalue weighted by Gasteiger charge is -2.35. The van der Waals surface area contributed by atoms with Crippen molar-refractivity contribution in [2.45, 2.75) is 19.6 Å². The summed E-state index contributed by atoms with van der Waals surface area (Å²) in [6.45, 7) is 5.46. The molecule has 9 heteroatoms. The van der Waals surface area contributed by atoms with E-state index in [2.05, 4.69) is 45.6 Å². The zero-order valence-electron chi connectivity index (χ0n) is 18.6. The highest BCUT2D eigenvalue weighted by atomic mass is 35.5. The minimum atomic E-state index is -4.46. The number of halogens is 4. The van der Waals surface area contributed by atoms with Gasteiger partial charge in [-0.15, -0.1) is 0 Å². The van der Waals surface area contributed by atoms with Crippen LogP contribution in [0.25, 0.3) is 16.9 Å². The molecule has 5 rings (SSSR count). The van der Waals surface area contributed by atoms with Crippen molar-refractivity contribution in [1.29, 1.82) is 0 Å². The number of benzene rings is 1. The summed E-state index contributed by atoms with van der Waals surface area (Å²) in [6, 6.07) is 15.2. The van der Waals surface area contributed by atoms with E-state index in [0.29, 0.717) is 25.5 Å². The normalized spacial score (nSPS) is 15.3. The molecule has 1 saturated heterocycles. The fourth-order valence-electron chi connectivity index (χ4n) is 4.33. The van der Waals surface area contributed by atoms with E-state index in [9.17, 15) is 13.2 Å². The quantitative estimate of drug-likeness (QED) is 0.371. The predicted molar refractivity (Wildman–Crippen MR) is 127 cm³/mol. The van der Waals surface area contributed by atoms with Gasteiger partial charge in [0, 0.05) is 50.7 Å². The maximum atomic E-state index is 12.9. The van der Waals surface area contributed by atoms with E-state index < -0.39 is 11.7 Å². The van der Waals surface area contributed by atoms with Gasteiger partial charge < -0.3 is 9.30 Å². The van der Waals surface area contributed by atoms with Gasteiger partial charge in [0.1, 0.15) is 11.5 Å². The van der Waals surface area contributed by atoms with Crippen molar-refractivity contribution >= 4 is 23.1 Å². The van der Waals surface area contributed by atoms with Crippen LogP contribution in [0.15, 0.2) is 60.9 Å². The third-order valence-electron chi connectivity index (χ3n) is 6.11. The van der Waals surface area contributed by atoms with Gasteiger partial charge in [0.05, 0.1) is 22.0 Å². The van der Waals surface area contributed by atoms with Crippen LogP contribution in [0.4, 0.5) is 19.0 Å². The summed E-state index contributed by atoms with van der Waals surface area (Å²) >= 11 is 6.16. The number of aromatic nitrogens is 3. The summed E-state index contributed by atoms with van der Waals surface area (Å²) in [5.74, 6) is 0.393. The number of alkyl halides is 3. The van der Waals surface area contributed by atoms with Crippen LogP contribution in [0.1, 0.15) is 16.8 Å². The first-order chi connectivity index (χ1) is 16.3. The number of hydrogen-bond donors (Lipinski definition) is 0. The highest BCUT2D eigenvalue weighted by Crippen LogP contribution is 2.34. The highest BCUT2D eigenvalue weighted by Gasteiger charge is 2.32. The average molecular weight is 486 g/mol. The Balaban J connectivity index is 1.36. The topological polar surface area (TPSA) is 36.7 Å². The molecule has 0 amide bonds. The largest absolute Gasteiger partial charge is 0.417 e. The van der Waals surface area contributed by atoms with Crippen LogP contribution in [0.2, 0.25) is 5.02 Å². The van der Waals surface area contributed by atoms with E-state index in [1.54, 1.807) is 0 Å². The van der Waals surface area contributed by atoms with Gasteiger partial charge in [-0.05, 0) is 24.6 Å². The number of piperazine rings is 1. The second kappa shape index (κ2) is 8.92. The van der Waals surface area contributed by atoms with Crippen molar-refractivity contribution in [2.24, 2.45) is 0 Å². The highest BCUT2D eigenvalue weighted by molar-refractivity contribution is 6.33. The number of rotatable bonds is 4. The minimum absolute atomic E-state index is 0.0203. The van der Waals surface area contributed by atoms with Gasteiger partial charge in [-0.3, -0.25) is 4.90 Å². The number of anilines is 1. The summed E-state index contributed by atoms with van der Waals surface area (Å²) in [5.41, 5.74) is 4.36. The molecule has 176 valence electrons. The molecule has 4 heterocycles. The molecule has 0 saturated carbocycles. The van der Waals surface area contributed by atoms with E-state index in [0.717, 1.165) is 53.5 Å². The number of aryl methyl sites for hydroxylation is 1. The monoisotopic (exact) mass is 485 g/mol. The molecular formula is C25H23ClF3N5. The van der Waals surface area contributed by atoms with Crippen LogP contribution in [0.5, 0.6) is 0 Å². The number of nitrogens with zero attached hydrogens (tertiary/aromatic N) is 5. The van der Waals surface area contributed by atoms with Crippen molar-refractivity contribution < 1.29 is 13.2 Å². The molecule has 0 spiro atoms. The molecule has 1 aromatic carbocycles. The molecule has 0 N–H and O–H groups in total. The van der Waals surface area contributed by atoms with Crippen molar-refractivity contribution in [3.05, 3.63) is 82.8 Å². The molecule has 1 aliphatic heterocycles. The van der Waals surface area contributed by atoms with Crippen molar-refractivity contribution in [1.82, 2.24) is 19.3 Å². The first kappa shape index (κ1) is 22.7. The van der Waals surface area contributed by atoms with Crippen molar-refractivity contribution in [2.75, 3.05) is 31.1 Å². The Hall–Kier alpha value is -3.10. The van der Waals surface area contributed by atoms with Gasteiger partial charge in [0.2, 0.25) is 0 Å². The SMILES string of the molecule is Cc1ccc2nc(-c3ccccc3)c(CN3CCN(c4ncc(C(F)(F)F)cc4Cl)CC3)n2c1. The van der Waals surface area contributed by atoms with Gasteiger partial charge >= 0.3 is 6.18 Å². The summed E-state index contributed by atoms with van der Waals surface area (Å²) in [4.78, 5) is 13.2. The lowest BCUT2D eigenvalue weighted by molar-refractivity contribution is -0.137. The zero-order chi connectivity index (χ0) is 23.9. The van der Waals surface area contributed by atoms with Crippen LogP contribution in [-0.2, 0) is 12.7 Å². The second-order valence-electron chi connectivity index (χ2n) is 8.50. The minimum Gasteiger partial charge on any atom is -0.353 e. The van der Waals surface area contributed by atoms with E-state index in [1.165, 1.54) is 0 Å².